The third-order valence-corrected chi connectivity index (χ3v) is 9.03. The fourth-order valence-corrected chi connectivity index (χ4v) is 6.72. The van der Waals surface area contributed by atoms with Crippen LogP contribution in [0.4, 0.5) is 17.1 Å². The van der Waals surface area contributed by atoms with E-state index in [1.807, 2.05) is 48.5 Å². The first-order chi connectivity index (χ1) is 30.6. The molecule has 0 atom stereocenters. The molecule has 0 bridgehead atoms. The summed E-state index contributed by atoms with van der Waals surface area (Å²) in [6, 6.07) is 25.4. The molecule has 0 saturated heterocycles. The van der Waals surface area contributed by atoms with Crippen LogP contribution in [0.15, 0.2) is 192 Å². The van der Waals surface area contributed by atoms with E-state index in [2.05, 4.69) is 30.3 Å². The third-order valence-electron chi connectivity index (χ3n) is 9.03. The Labute approximate surface area is 309 Å². The summed E-state index contributed by atoms with van der Waals surface area (Å²) in [6.45, 7) is 0. The molecule has 2 nitrogen and oxygen atoms in total. The smallest absolute Gasteiger partial charge is 0.136 e. The Balaban J connectivity index is 1.16. The van der Waals surface area contributed by atoms with Gasteiger partial charge in [-0.2, -0.15) is 0 Å². The van der Waals surface area contributed by atoms with Crippen molar-refractivity contribution in [2.45, 2.75) is 0 Å². The Morgan fingerprint density at radius 3 is 1.88 bits per heavy atom. The zero-order chi connectivity index (χ0) is 45.2. The Bertz CT molecular complexity index is 3630. The predicted molar refractivity (Wildman–Crippen MR) is 212 cm³/mol. The van der Waals surface area contributed by atoms with Crippen LogP contribution in [0.3, 0.4) is 0 Å². The maximum absolute atomic E-state index is 9.51. The lowest BCUT2D eigenvalue weighted by atomic mass is 9.93. The number of fused-ring (bicyclic) bond motifs is 8. The predicted octanol–water partition coefficient (Wildman–Crippen LogP) is 13.8. The normalized spacial score (nSPS) is 15.5. The lowest BCUT2D eigenvalue weighted by molar-refractivity contribution is 0.669. The van der Waals surface area contributed by atoms with Crippen LogP contribution in [0.2, 0.25) is 0 Å². The molecule has 0 aliphatic heterocycles. The summed E-state index contributed by atoms with van der Waals surface area (Å²) in [5.41, 5.74) is 2.31. The largest absolute Gasteiger partial charge is 0.456 e. The molecule has 0 aliphatic rings. The molecule has 10 rings (SSSR count). The van der Waals surface area contributed by atoms with E-state index < -0.39 is 78.6 Å². The van der Waals surface area contributed by atoms with Crippen molar-refractivity contribution >= 4 is 71.3 Å². The standard InChI is InChI=1S/C48H31NO/c1-2-11-37(12-3-1)49(39-27-22-33(23-28-39)44-31-36-10-4-5-13-40(36)41-14-6-7-15-42(41)44)38-25-20-32(21-26-38)35-19-18-34-24-29-47-48(45(34)30-35)43-16-8-9-17-46(43)50-47/h1-31H/i1D,2D,3D,8D,9D,11D,12D,16D,17D,18D,19D,24D,29D,30D. The van der Waals surface area contributed by atoms with Crippen LogP contribution >= 0.6 is 0 Å². The molecule has 0 spiro atoms. The summed E-state index contributed by atoms with van der Waals surface area (Å²) >= 11 is 0. The lowest BCUT2D eigenvalue weighted by Crippen LogP contribution is -2.09. The second kappa shape index (κ2) is 11.5. The van der Waals surface area contributed by atoms with E-state index >= 15 is 0 Å². The molecule has 0 unspecified atom stereocenters. The van der Waals surface area contributed by atoms with Gasteiger partial charge in [0.15, 0.2) is 0 Å². The summed E-state index contributed by atoms with van der Waals surface area (Å²) in [4.78, 5) is 1.54. The van der Waals surface area contributed by atoms with E-state index in [0.29, 0.717) is 11.4 Å². The van der Waals surface area contributed by atoms with Crippen molar-refractivity contribution in [3.8, 4) is 22.3 Å². The Morgan fingerprint density at radius 2 is 1.08 bits per heavy atom. The average molecular weight is 652 g/mol. The molecular formula is C48H31NO. The Kier molecular flexibility index (Phi) is 4.07. The summed E-state index contributed by atoms with van der Waals surface area (Å²) in [7, 11) is 0. The number of benzene rings is 9. The van der Waals surface area contributed by atoms with Crippen molar-refractivity contribution in [3.63, 3.8) is 0 Å². The minimum Gasteiger partial charge on any atom is -0.456 e. The Morgan fingerprint density at radius 1 is 0.420 bits per heavy atom. The first-order valence-electron chi connectivity index (χ1n) is 23.0. The average Bonchev–Trinajstić information content (AvgIpc) is 3.72. The summed E-state index contributed by atoms with van der Waals surface area (Å²) in [5, 5.41) is 3.87. The molecule has 1 aromatic heterocycles. The van der Waals surface area contributed by atoms with E-state index in [1.165, 1.54) is 0 Å². The number of furan rings is 1. The van der Waals surface area contributed by atoms with Crippen LogP contribution in [0.25, 0.3) is 76.5 Å². The van der Waals surface area contributed by atoms with Crippen LogP contribution in [0, 0.1) is 0 Å². The first kappa shape index (κ1) is 17.7. The number of hydrogen-bond acceptors (Lipinski definition) is 2. The summed E-state index contributed by atoms with van der Waals surface area (Å²) in [5.74, 6) is 0. The fourth-order valence-electron chi connectivity index (χ4n) is 6.72. The molecule has 0 amide bonds. The first-order valence-corrected chi connectivity index (χ1v) is 16.0. The van der Waals surface area contributed by atoms with Gasteiger partial charge in [-0.25, -0.2) is 0 Å². The molecule has 50 heavy (non-hydrogen) atoms. The highest BCUT2D eigenvalue weighted by molar-refractivity contribution is 6.19. The molecule has 0 N–H and O–H groups in total. The van der Waals surface area contributed by atoms with E-state index in [9.17, 15) is 1.37 Å². The van der Waals surface area contributed by atoms with Crippen LogP contribution in [0.5, 0.6) is 0 Å². The SMILES string of the molecule is [2H]c1c([2H])c([2H])c(N(c2ccc(-c3c([2H])c([2H])c4c([2H])c([2H])c5oc6c([2H])c([2H])c([2H])c([2H])c6c5c4c3[2H])cc2)c2ccc(-c3cc4ccccc4c4ccccc34)cc2)c([2H])c1[2H]. The fraction of sp³-hybridized carbons (Fsp3) is 0. The molecule has 2 heteroatoms. The molecule has 0 radical (unpaired) electrons. The van der Waals surface area contributed by atoms with Crippen molar-refractivity contribution in [2.24, 2.45) is 0 Å². The molecular weight excluding hydrogens is 607 g/mol. The maximum atomic E-state index is 9.51. The summed E-state index contributed by atoms with van der Waals surface area (Å²) < 4.78 is 128. The second-order valence-corrected chi connectivity index (χ2v) is 11.9. The minimum absolute atomic E-state index is 0.0399. The minimum atomic E-state index is -0.569. The number of para-hydroxylation sites is 2. The molecule has 0 fully saturated rings. The van der Waals surface area contributed by atoms with Crippen molar-refractivity contribution in [2.75, 3.05) is 4.90 Å². The van der Waals surface area contributed by atoms with Crippen LogP contribution in [0.1, 0.15) is 19.2 Å². The number of rotatable bonds is 5. The number of hydrogen-bond donors (Lipinski definition) is 0. The number of anilines is 3. The molecule has 0 saturated carbocycles. The van der Waals surface area contributed by atoms with E-state index in [1.54, 1.807) is 29.2 Å². The van der Waals surface area contributed by atoms with Crippen LogP contribution < -0.4 is 4.90 Å². The van der Waals surface area contributed by atoms with E-state index in [-0.39, 0.29) is 55.6 Å². The van der Waals surface area contributed by atoms with Gasteiger partial charge in [-0.15, -0.1) is 0 Å². The molecule has 10 aromatic rings. The zero-order valence-electron chi connectivity index (χ0n) is 40.2. The van der Waals surface area contributed by atoms with Gasteiger partial charge in [0.1, 0.15) is 11.2 Å². The van der Waals surface area contributed by atoms with Crippen molar-refractivity contribution in [1.29, 1.82) is 0 Å². The number of nitrogens with zero attached hydrogens (tertiary/aromatic N) is 1. The molecule has 1 heterocycles. The highest BCUT2D eigenvalue weighted by atomic mass is 16.3. The topological polar surface area (TPSA) is 16.4 Å². The lowest BCUT2D eigenvalue weighted by Gasteiger charge is -2.26. The van der Waals surface area contributed by atoms with Gasteiger partial charge < -0.3 is 9.32 Å². The van der Waals surface area contributed by atoms with Gasteiger partial charge >= 0.3 is 0 Å². The highest BCUT2D eigenvalue weighted by Crippen LogP contribution is 2.40. The van der Waals surface area contributed by atoms with Gasteiger partial charge in [-0.3, -0.25) is 0 Å². The van der Waals surface area contributed by atoms with Gasteiger partial charge in [-0.05, 0) is 115 Å². The van der Waals surface area contributed by atoms with Gasteiger partial charge in [0.2, 0.25) is 0 Å². The maximum Gasteiger partial charge on any atom is 0.136 e. The van der Waals surface area contributed by atoms with Crippen molar-refractivity contribution in [1.82, 2.24) is 0 Å². The molecule has 9 aromatic carbocycles. The monoisotopic (exact) mass is 651 g/mol. The van der Waals surface area contributed by atoms with Gasteiger partial charge in [-0.1, -0.05) is 127 Å². The molecule has 0 aliphatic carbocycles. The van der Waals surface area contributed by atoms with Crippen molar-refractivity contribution in [3.05, 3.63) is 188 Å². The van der Waals surface area contributed by atoms with E-state index in [4.69, 9.17) is 22.2 Å². The van der Waals surface area contributed by atoms with Gasteiger partial charge in [0.05, 0.1) is 19.2 Å². The van der Waals surface area contributed by atoms with Crippen LogP contribution in [-0.4, -0.2) is 0 Å². The van der Waals surface area contributed by atoms with Crippen molar-refractivity contribution < 1.29 is 23.6 Å². The van der Waals surface area contributed by atoms with E-state index in [0.717, 1.165) is 32.7 Å². The highest BCUT2D eigenvalue weighted by Gasteiger charge is 2.15. The summed E-state index contributed by atoms with van der Waals surface area (Å²) in [6.07, 6.45) is 0. The quantitative estimate of drug-likeness (QED) is 0.172. The zero-order valence-corrected chi connectivity index (χ0v) is 26.2. The van der Waals surface area contributed by atoms with Gasteiger partial charge in [0.25, 0.3) is 0 Å². The Hall–Kier alpha value is -6.64. The van der Waals surface area contributed by atoms with Gasteiger partial charge in [0, 0.05) is 27.8 Å². The third kappa shape index (κ3) is 4.65. The van der Waals surface area contributed by atoms with Crippen LogP contribution in [-0.2, 0) is 0 Å². The molecule has 234 valence electrons. The second-order valence-electron chi connectivity index (χ2n) is 11.9.